The summed E-state index contributed by atoms with van der Waals surface area (Å²) >= 11 is 11.9. The van der Waals surface area contributed by atoms with Crippen molar-refractivity contribution in [2.45, 2.75) is 26.0 Å². The van der Waals surface area contributed by atoms with Crippen molar-refractivity contribution in [2.75, 3.05) is 5.32 Å². The van der Waals surface area contributed by atoms with E-state index in [1.54, 1.807) is 6.07 Å². The summed E-state index contributed by atoms with van der Waals surface area (Å²) < 4.78 is 5.70. The fourth-order valence-corrected chi connectivity index (χ4v) is 2.69. The Morgan fingerprint density at radius 1 is 1.15 bits per heavy atom. The second-order valence-electron chi connectivity index (χ2n) is 5.06. The molecule has 1 aliphatic rings. The molecule has 0 unspecified atom stereocenters. The molecule has 104 valence electrons. The molecule has 1 aliphatic heterocycles. The third-order valence-electron chi connectivity index (χ3n) is 3.38. The SMILES string of the molecule is C[C@@H]1Cc2cc(CNc3ccc(Cl)c(Cl)c3)ccc2O1. The first kappa shape index (κ1) is 13.6. The van der Waals surface area contributed by atoms with Gasteiger partial charge in [0.05, 0.1) is 10.0 Å². The first-order chi connectivity index (χ1) is 9.61. The van der Waals surface area contributed by atoms with Crippen LogP contribution in [-0.2, 0) is 13.0 Å². The van der Waals surface area contributed by atoms with Crippen LogP contribution in [0.15, 0.2) is 36.4 Å². The van der Waals surface area contributed by atoms with Crippen molar-refractivity contribution in [3.05, 3.63) is 57.6 Å². The largest absolute Gasteiger partial charge is 0.490 e. The maximum Gasteiger partial charge on any atom is 0.123 e. The van der Waals surface area contributed by atoms with Crippen molar-refractivity contribution < 1.29 is 4.74 Å². The lowest BCUT2D eigenvalue weighted by atomic mass is 10.1. The number of fused-ring (bicyclic) bond motifs is 1. The summed E-state index contributed by atoms with van der Waals surface area (Å²) in [5.74, 6) is 1.01. The highest BCUT2D eigenvalue weighted by Crippen LogP contribution is 2.30. The van der Waals surface area contributed by atoms with Crippen molar-refractivity contribution in [2.24, 2.45) is 0 Å². The molecule has 2 nitrogen and oxygen atoms in total. The van der Waals surface area contributed by atoms with Crippen LogP contribution in [0.3, 0.4) is 0 Å². The van der Waals surface area contributed by atoms with Gasteiger partial charge in [0.2, 0.25) is 0 Å². The normalized spacial score (nSPS) is 16.6. The average molecular weight is 308 g/mol. The molecule has 20 heavy (non-hydrogen) atoms. The number of halogens is 2. The van der Waals surface area contributed by atoms with E-state index in [1.807, 2.05) is 18.2 Å². The second-order valence-corrected chi connectivity index (χ2v) is 5.87. The Morgan fingerprint density at radius 2 is 2.00 bits per heavy atom. The molecule has 0 saturated heterocycles. The highest BCUT2D eigenvalue weighted by atomic mass is 35.5. The van der Waals surface area contributed by atoms with Crippen LogP contribution in [0, 0.1) is 0 Å². The van der Waals surface area contributed by atoms with Crippen LogP contribution < -0.4 is 10.1 Å². The highest BCUT2D eigenvalue weighted by molar-refractivity contribution is 6.42. The summed E-state index contributed by atoms with van der Waals surface area (Å²) in [6.07, 6.45) is 1.26. The molecular formula is C16H15Cl2NO. The smallest absolute Gasteiger partial charge is 0.123 e. The van der Waals surface area contributed by atoms with Crippen LogP contribution in [0.2, 0.25) is 10.0 Å². The Balaban J connectivity index is 1.70. The zero-order chi connectivity index (χ0) is 14.1. The predicted octanol–water partition coefficient (Wildman–Crippen LogP) is 4.93. The van der Waals surface area contributed by atoms with Gasteiger partial charge >= 0.3 is 0 Å². The minimum atomic E-state index is 0.281. The second kappa shape index (κ2) is 5.55. The van der Waals surface area contributed by atoms with E-state index in [4.69, 9.17) is 27.9 Å². The van der Waals surface area contributed by atoms with E-state index in [2.05, 4.69) is 24.4 Å². The van der Waals surface area contributed by atoms with Crippen LogP contribution >= 0.6 is 23.2 Å². The summed E-state index contributed by atoms with van der Waals surface area (Å²) in [6, 6.07) is 11.9. The molecule has 1 N–H and O–H groups in total. The fourth-order valence-electron chi connectivity index (χ4n) is 2.40. The van der Waals surface area contributed by atoms with Gasteiger partial charge in [-0.2, -0.15) is 0 Å². The topological polar surface area (TPSA) is 21.3 Å². The Bertz CT molecular complexity index is 642. The van der Waals surface area contributed by atoms with Crippen molar-refractivity contribution in [1.29, 1.82) is 0 Å². The summed E-state index contributed by atoms with van der Waals surface area (Å²) in [5.41, 5.74) is 3.47. The number of rotatable bonds is 3. The van der Waals surface area contributed by atoms with E-state index >= 15 is 0 Å². The van der Waals surface area contributed by atoms with Gasteiger partial charge in [-0.3, -0.25) is 0 Å². The molecule has 0 amide bonds. The molecule has 1 atom stereocenters. The van der Waals surface area contributed by atoms with Gasteiger partial charge in [0, 0.05) is 18.7 Å². The summed E-state index contributed by atoms with van der Waals surface area (Å²) in [5, 5.41) is 4.48. The van der Waals surface area contributed by atoms with Crippen LogP contribution in [0.1, 0.15) is 18.1 Å². The molecule has 0 saturated carbocycles. The number of benzene rings is 2. The fraction of sp³-hybridized carbons (Fsp3) is 0.250. The Kier molecular flexibility index (Phi) is 3.77. The number of anilines is 1. The lowest BCUT2D eigenvalue weighted by Gasteiger charge is -2.08. The van der Waals surface area contributed by atoms with Crippen LogP contribution in [0.25, 0.3) is 0 Å². The molecule has 4 heteroatoms. The Labute approximate surface area is 128 Å². The highest BCUT2D eigenvalue weighted by Gasteiger charge is 2.18. The summed E-state index contributed by atoms with van der Waals surface area (Å²) in [7, 11) is 0. The molecule has 1 heterocycles. The maximum absolute atomic E-state index is 6.00. The number of hydrogen-bond donors (Lipinski definition) is 1. The molecule has 0 spiro atoms. The zero-order valence-electron chi connectivity index (χ0n) is 11.1. The first-order valence-corrected chi connectivity index (χ1v) is 7.35. The van der Waals surface area contributed by atoms with Gasteiger partial charge in [-0.05, 0) is 42.3 Å². The third kappa shape index (κ3) is 2.87. The number of nitrogens with one attached hydrogen (secondary N) is 1. The van der Waals surface area contributed by atoms with Gasteiger partial charge in [-0.15, -0.1) is 0 Å². The van der Waals surface area contributed by atoms with E-state index < -0.39 is 0 Å². The third-order valence-corrected chi connectivity index (χ3v) is 4.12. The van der Waals surface area contributed by atoms with Crippen molar-refractivity contribution in [3.63, 3.8) is 0 Å². The molecule has 0 aromatic heterocycles. The molecule has 0 bridgehead atoms. The summed E-state index contributed by atoms with van der Waals surface area (Å²) in [4.78, 5) is 0. The monoisotopic (exact) mass is 307 g/mol. The molecule has 0 radical (unpaired) electrons. The van der Waals surface area contributed by atoms with E-state index in [0.717, 1.165) is 24.4 Å². The number of ether oxygens (including phenoxy) is 1. The van der Waals surface area contributed by atoms with Crippen molar-refractivity contribution >= 4 is 28.9 Å². The van der Waals surface area contributed by atoms with E-state index in [9.17, 15) is 0 Å². The zero-order valence-corrected chi connectivity index (χ0v) is 12.6. The molecule has 0 fully saturated rings. The van der Waals surface area contributed by atoms with Crippen LogP contribution in [0.5, 0.6) is 5.75 Å². The minimum absolute atomic E-state index is 0.281. The van der Waals surface area contributed by atoms with Gasteiger partial charge in [-0.25, -0.2) is 0 Å². The van der Waals surface area contributed by atoms with Gasteiger partial charge in [0.15, 0.2) is 0 Å². The summed E-state index contributed by atoms with van der Waals surface area (Å²) in [6.45, 7) is 2.84. The molecule has 2 aromatic carbocycles. The van der Waals surface area contributed by atoms with Crippen LogP contribution in [0.4, 0.5) is 5.69 Å². The van der Waals surface area contributed by atoms with Gasteiger partial charge < -0.3 is 10.1 Å². The minimum Gasteiger partial charge on any atom is -0.490 e. The van der Waals surface area contributed by atoms with E-state index in [-0.39, 0.29) is 6.10 Å². The molecule has 2 aromatic rings. The van der Waals surface area contributed by atoms with Gasteiger partial charge in [0.25, 0.3) is 0 Å². The van der Waals surface area contributed by atoms with E-state index in [1.165, 1.54) is 11.1 Å². The standard InChI is InChI=1S/C16H15Cl2NO/c1-10-6-12-7-11(2-5-16(12)20-10)9-19-13-3-4-14(17)15(18)8-13/h2-5,7-8,10,19H,6,9H2,1H3/t10-/m1/s1. The van der Waals surface area contributed by atoms with E-state index in [0.29, 0.717) is 10.0 Å². The molecule has 3 rings (SSSR count). The predicted molar refractivity (Wildman–Crippen MR) is 84.0 cm³/mol. The van der Waals surface area contributed by atoms with Crippen molar-refractivity contribution in [3.8, 4) is 5.75 Å². The van der Waals surface area contributed by atoms with Crippen molar-refractivity contribution in [1.82, 2.24) is 0 Å². The Hall–Kier alpha value is -1.38. The lowest BCUT2D eigenvalue weighted by molar-refractivity contribution is 0.254. The maximum atomic E-state index is 6.00. The molecular weight excluding hydrogens is 293 g/mol. The quantitative estimate of drug-likeness (QED) is 0.868. The molecule has 0 aliphatic carbocycles. The van der Waals surface area contributed by atoms with Gasteiger partial charge in [0.1, 0.15) is 11.9 Å². The van der Waals surface area contributed by atoms with Gasteiger partial charge in [-0.1, -0.05) is 35.3 Å². The average Bonchev–Trinajstić information content (AvgIpc) is 2.79. The Morgan fingerprint density at radius 3 is 2.80 bits per heavy atom. The van der Waals surface area contributed by atoms with Crippen LogP contribution in [-0.4, -0.2) is 6.10 Å². The lowest BCUT2D eigenvalue weighted by Crippen LogP contribution is -2.05. The number of hydrogen-bond acceptors (Lipinski definition) is 2. The first-order valence-electron chi connectivity index (χ1n) is 6.59.